The number of halogens is 1. The van der Waals surface area contributed by atoms with Crippen LogP contribution < -0.4 is 4.74 Å². The molecule has 0 fully saturated rings. The Bertz CT molecular complexity index is 484. The second kappa shape index (κ2) is 3.82. The van der Waals surface area contributed by atoms with E-state index in [0.29, 0.717) is 5.82 Å². The van der Waals surface area contributed by atoms with Crippen LogP contribution in [0.5, 0.6) is 6.01 Å². The minimum Gasteiger partial charge on any atom is -0.467 e. The van der Waals surface area contributed by atoms with E-state index >= 15 is 0 Å². The van der Waals surface area contributed by atoms with Crippen molar-refractivity contribution in [3.8, 4) is 17.4 Å². The average molecular weight is 226 g/mol. The fraction of sp³-hybridized carbons (Fsp3) is 0.250. The molecule has 15 heavy (non-hydrogen) atoms. The van der Waals surface area contributed by atoms with Gasteiger partial charge in [0.05, 0.1) is 18.9 Å². The zero-order valence-corrected chi connectivity index (χ0v) is 8.93. The van der Waals surface area contributed by atoms with E-state index in [4.69, 9.17) is 16.3 Å². The number of nitrogens with zero attached hydrogens (tertiary/aromatic N) is 5. The molecule has 0 aromatic carbocycles. The van der Waals surface area contributed by atoms with Gasteiger partial charge in [-0.2, -0.15) is 20.1 Å². The highest BCUT2D eigenvalue weighted by atomic mass is 35.5. The molecule has 0 amide bonds. The molecular weight excluding hydrogens is 218 g/mol. The largest absolute Gasteiger partial charge is 0.467 e. The fourth-order valence-corrected chi connectivity index (χ4v) is 1.24. The van der Waals surface area contributed by atoms with E-state index in [0.717, 1.165) is 5.56 Å². The Morgan fingerprint density at radius 3 is 2.73 bits per heavy atom. The lowest BCUT2D eigenvalue weighted by Crippen LogP contribution is -1.97. The highest BCUT2D eigenvalue weighted by molar-refractivity contribution is 6.28. The van der Waals surface area contributed by atoms with E-state index in [1.54, 1.807) is 17.1 Å². The smallest absolute Gasteiger partial charge is 0.321 e. The van der Waals surface area contributed by atoms with Gasteiger partial charge in [-0.25, -0.2) is 0 Å². The number of aromatic nitrogens is 5. The van der Waals surface area contributed by atoms with E-state index in [2.05, 4.69) is 20.1 Å². The minimum atomic E-state index is 0.0979. The van der Waals surface area contributed by atoms with Crippen LogP contribution >= 0.6 is 11.6 Å². The monoisotopic (exact) mass is 225 g/mol. The van der Waals surface area contributed by atoms with E-state index in [9.17, 15) is 0 Å². The van der Waals surface area contributed by atoms with Crippen LogP contribution in [0.1, 0.15) is 0 Å². The molecule has 0 N–H and O–H groups in total. The van der Waals surface area contributed by atoms with E-state index < -0.39 is 0 Å². The van der Waals surface area contributed by atoms with Crippen LogP contribution in [0.3, 0.4) is 0 Å². The summed E-state index contributed by atoms with van der Waals surface area (Å²) in [4.78, 5) is 11.8. The molecule has 0 aliphatic heterocycles. The third kappa shape index (κ3) is 2.04. The zero-order valence-electron chi connectivity index (χ0n) is 8.18. The van der Waals surface area contributed by atoms with Gasteiger partial charge in [-0.05, 0) is 11.6 Å². The summed E-state index contributed by atoms with van der Waals surface area (Å²) >= 11 is 5.72. The average Bonchev–Trinajstić information content (AvgIpc) is 2.64. The highest BCUT2D eigenvalue weighted by Gasteiger charge is 2.08. The van der Waals surface area contributed by atoms with Gasteiger partial charge in [0.1, 0.15) is 0 Å². The number of rotatable bonds is 2. The van der Waals surface area contributed by atoms with Crippen molar-refractivity contribution >= 4 is 11.6 Å². The summed E-state index contributed by atoms with van der Waals surface area (Å²) in [6, 6.07) is 0.189. The van der Waals surface area contributed by atoms with Crippen molar-refractivity contribution in [2.45, 2.75) is 0 Å². The summed E-state index contributed by atoms with van der Waals surface area (Å²) in [6.07, 6.45) is 3.43. The Labute approximate surface area is 90.9 Å². The first-order chi connectivity index (χ1) is 7.19. The Morgan fingerprint density at radius 2 is 2.13 bits per heavy atom. The summed E-state index contributed by atoms with van der Waals surface area (Å²) < 4.78 is 6.54. The lowest BCUT2D eigenvalue weighted by molar-refractivity contribution is 0.379. The lowest BCUT2D eigenvalue weighted by atomic mass is 10.3. The molecule has 7 heteroatoms. The Morgan fingerprint density at radius 1 is 1.33 bits per heavy atom. The lowest BCUT2D eigenvalue weighted by Gasteiger charge is -1.99. The van der Waals surface area contributed by atoms with Gasteiger partial charge in [0, 0.05) is 13.2 Å². The minimum absolute atomic E-state index is 0.0979. The number of aryl methyl sites for hydroxylation is 1. The fourth-order valence-electron chi connectivity index (χ4n) is 1.09. The molecule has 2 aromatic rings. The SMILES string of the molecule is COc1nc(Cl)nc(-c2cnn(C)c2)n1. The first-order valence-electron chi connectivity index (χ1n) is 4.13. The first-order valence-corrected chi connectivity index (χ1v) is 4.51. The van der Waals surface area contributed by atoms with Crippen molar-refractivity contribution in [2.75, 3.05) is 7.11 Å². The normalized spacial score (nSPS) is 10.3. The molecule has 0 saturated carbocycles. The number of methoxy groups -OCH3 is 1. The van der Waals surface area contributed by atoms with Crippen molar-refractivity contribution in [2.24, 2.45) is 7.05 Å². The maximum absolute atomic E-state index is 5.72. The third-order valence-corrected chi connectivity index (χ3v) is 1.90. The van der Waals surface area contributed by atoms with Gasteiger partial charge < -0.3 is 4.74 Å². The van der Waals surface area contributed by atoms with E-state index in [1.165, 1.54) is 7.11 Å². The van der Waals surface area contributed by atoms with Crippen LogP contribution in [0.4, 0.5) is 0 Å². The molecule has 0 bridgehead atoms. The quantitative estimate of drug-likeness (QED) is 0.761. The molecule has 0 aliphatic rings. The van der Waals surface area contributed by atoms with E-state index in [1.807, 2.05) is 7.05 Å². The van der Waals surface area contributed by atoms with E-state index in [-0.39, 0.29) is 11.3 Å². The van der Waals surface area contributed by atoms with Gasteiger partial charge in [0.15, 0.2) is 5.82 Å². The second-order valence-corrected chi connectivity index (χ2v) is 3.16. The van der Waals surface area contributed by atoms with Crippen LogP contribution in [-0.2, 0) is 7.05 Å². The van der Waals surface area contributed by atoms with Crippen molar-refractivity contribution < 1.29 is 4.74 Å². The van der Waals surface area contributed by atoms with Crippen molar-refractivity contribution in [3.05, 3.63) is 17.7 Å². The van der Waals surface area contributed by atoms with Crippen LogP contribution in [0.15, 0.2) is 12.4 Å². The van der Waals surface area contributed by atoms with Crippen molar-refractivity contribution in [1.82, 2.24) is 24.7 Å². The molecule has 6 nitrogen and oxygen atoms in total. The van der Waals surface area contributed by atoms with Gasteiger partial charge in [0.2, 0.25) is 5.28 Å². The van der Waals surface area contributed by atoms with Gasteiger partial charge in [0.25, 0.3) is 0 Å². The Kier molecular flexibility index (Phi) is 2.51. The molecule has 0 unspecified atom stereocenters. The van der Waals surface area contributed by atoms with Crippen LogP contribution in [-0.4, -0.2) is 31.8 Å². The molecule has 78 valence electrons. The van der Waals surface area contributed by atoms with Gasteiger partial charge in [-0.1, -0.05) is 0 Å². The molecule has 2 rings (SSSR count). The topological polar surface area (TPSA) is 65.7 Å². The van der Waals surface area contributed by atoms with Crippen LogP contribution in [0, 0.1) is 0 Å². The molecule has 0 atom stereocenters. The molecule has 0 saturated heterocycles. The van der Waals surface area contributed by atoms with Gasteiger partial charge in [-0.15, -0.1) is 0 Å². The number of ether oxygens (including phenoxy) is 1. The molecule has 2 aromatic heterocycles. The highest BCUT2D eigenvalue weighted by Crippen LogP contribution is 2.17. The zero-order chi connectivity index (χ0) is 10.8. The Balaban J connectivity index is 2.48. The summed E-state index contributed by atoms with van der Waals surface area (Å²) in [7, 11) is 3.28. The van der Waals surface area contributed by atoms with Crippen LogP contribution in [0.25, 0.3) is 11.4 Å². The third-order valence-electron chi connectivity index (χ3n) is 1.73. The second-order valence-electron chi connectivity index (χ2n) is 2.82. The number of hydrogen-bond acceptors (Lipinski definition) is 5. The number of hydrogen-bond donors (Lipinski definition) is 0. The van der Waals surface area contributed by atoms with Gasteiger partial charge in [-0.3, -0.25) is 4.68 Å². The molecule has 2 heterocycles. The molecular formula is C8H8ClN5O. The summed E-state index contributed by atoms with van der Waals surface area (Å²) in [6.45, 7) is 0. The molecule has 0 radical (unpaired) electrons. The predicted octanol–water partition coefficient (Wildman–Crippen LogP) is 0.934. The van der Waals surface area contributed by atoms with Crippen molar-refractivity contribution in [3.63, 3.8) is 0 Å². The summed E-state index contributed by atoms with van der Waals surface area (Å²) in [5, 5.41) is 4.11. The summed E-state index contributed by atoms with van der Waals surface area (Å²) in [5.41, 5.74) is 0.764. The first kappa shape index (κ1) is 9.85. The van der Waals surface area contributed by atoms with Gasteiger partial charge >= 0.3 is 6.01 Å². The predicted molar refractivity (Wildman–Crippen MR) is 53.6 cm³/mol. The Hall–Kier alpha value is -1.69. The van der Waals surface area contributed by atoms with Crippen LogP contribution in [0.2, 0.25) is 5.28 Å². The van der Waals surface area contributed by atoms with Crippen molar-refractivity contribution in [1.29, 1.82) is 0 Å². The molecule has 0 aliphatic carbocycles. The maximum Gasteiger partial charge on any atom is 0.321 e. The summed E-state index contributed by atoms with van der Waals surface area (Å²) in [5.74, 6) is 0.444. The maximum atomic E-state index is 5.72. The molecule has 0 spiro atoms. The standard InChI is InChI=1S/C8H8ClN5O/c1-14-4-5(3-10-14)6-11-7(9)13-8(12-6)15-2/h3-4H,1-2H3.